The molecule has 1 aromatic heterocycles. The van der Waals surface area contributed by atoms with Crippen molar-refractivity contribution in [1.82, 2.24) is 9.97 Å². The first-order chi connectivity index (χ1) is 10.9. The van der Waals surface area contributed by atoms with Crippen LogP contribution in [0.5, 0.6) is 0 Å². The van der Waals surface area contributed by atoms with Gasteiger partial charge in [-0.05, 0) is 50.2 Å². The normalized spacial score (nSPS) is 29.0. The van der Waals surface area contributed by atoms with Crippen LogP contribution in [0.3, 0.4) is 0 Å². The van der Waals surface area contributed by atoms with Crippen molar-refractivity contribution in [2.75, 3.05) is 6.61 Å². The maximum absolute atomic E-state index is 5.27. The largest absolute Gasteiger partial charge is 0.501 e. The summed E-state index contributed by atoms with van der Waals surface area (Å²) in [5.74, 6) is 3.54. The Hall–Kier alpha value is -1.38. The van der Waals surface area contributed by atoms with Gasteiger partial charge in [0.1, 0.15) is 5.82 Å². The highest BCUT2D eigenvalue weighted by Gasteiger charge is 2.38. The molecule has 0 aliphatic heterocycles. The summed E-state index contributed by atoms with van der Waals surface area (Å²) in [5.41, 5.74) is 0.961. The first kappa shape index (κ1) is 15.5. The van der Waals surface area contributed by atoms with E-state index in [1.165, 1.54) is 51.4 Å². The Morgan fingerprint density at radius 1 is 1.14 bits per heavy atom. The quantitative estimate of drug-likeness (QED) is 0.738. The van der Waals surface area contributed by atoms with Crippen LogP contribution in [0.15, 0.2) is 18.5 Å². The van der Waals surface area contributed by atoms with Crippen LogP contribution in [0.25, 0.3) is 6.08 Å². The maximum Gasteiger partial charge on any atom is 0.132 e. The van der Waals surface area contributed by atoms with E-state index in [0.29, 0.717) is 12.5 Å². The van der Waals surface area contributed by atoms with E-state index in [1.807, 2.05) is 25.3 Å². The van der Waals surface area contributed by atoms with E-state index < -0.39 is 0 Å². The van der Waals surface area contributed by atoms with Crippen molar-refractivity contribution in [3.05, 3.63) is 30.0 Å². The molecule has 2 aliphatic rings. The van der Waals surface area contributed by atoms with Crippen molar-refractivity contribution in [3.63, 3.8) is 0 Å². The van der Waals surface area contributed by atoms with Gasteiger partial charge < -0.3 is 4.74 Å². The lowest BCUT2D eigenvalue weighted by atomic mass is 9.91. The summed E-state index contributed by atoms with van der Waals surface area (Å²) < 4.78 is 5.27. The molecule has 3 heteroatoms. The molecule has 0 saturated heterocycles. The highest BCUT2D eigenvalue weighted by molar-refractivity contribution is 5.42. The van der Waals surface area contributed by atoms with E-state index in [9.17, 15) is 0 Å². The molecular formula is C19H28N2O. The van der Waals surface area contributed by atoms with E-state index >= 15 is 0 Å². The standard InChI is InChI=1S/C19H28N2O/c1-2-22-12-10-18-9-11-20-19(21-18)16-8-6-4-3-5-7-15-13-17(15)14-16/h9-12,15-17H,2-8,13-14H2,1H3/b12-10+. The Morgan fingerprint density at radius 2 is 2.00 bits per heavy atom. The summed E-state index contributed by atoms with van der Waals surface area (Å²) in [5, 5.41) is 0. The molecule has 3 unspecified atom stereocenters. The van der Waals surface area contributed by atoms with Gasteiger partial charge in [-0.1, -0.05) is 32.1 Å². The van der Waals surface area contributed by atoms with Gasteiger partial charge in [0.15, 0.2) is 0 Å². The molecule has 0 aromatic carbocycles. The van der Waals surface area contributed by atoms with Crippen LogP contribution in [0, 0.1) is 11.8 Å². The zero-order valence-electron chi connectivity index (χ0n) is 13.7. The first-order valence-corrected chi connectivity index (χ1v) is 8.98. The minimum atomic E-state index is 0.550. The molecule has 3 rings (SSSR count). The molecule has 22 heavy (non-hydrogen) atoms. The van der Waals surface area contributed by atoms with Crippen molar-refractivity contribution in [1.29, 1.82) is 0 Å². The van der Waals surface area contributed by atoms with Crippen LogP contribution in [0.1, 0.15) is 75.7 Å². The van der Waals surface area contributed by atoms with E-state index in [0.717, 1.165) is 23.4 Å². The molecule has 1 heterocycles. The fraction of sp³-hybridized carbons (Fsp3) is 0.684. The van der Waals surface area contributed by atoms with Crippen LogP contribution in [-0.4, -0.2) is 16.6 Å². The van der Waals surface area contributed by atoms with Gasteiger partial charge in [0.25, 0.3) is 0 Å². The third-order valence-electron chi connectivity index (χ3n) is 5.10. The van der Waals surface area contributed by atoms with Crippen LogP contribution >= 0.6 is 0 Å². The van der Waals surface area contributed by atoms with Crippen LogP contribution < -0.4 is 0 Å². The predicted octanol–water partition coefficient (Wildman–Crippen LogP) is 4.95. The SMILES string of the molecule is CCO/C=C/c1ccnc(C2CCCCCCC3CC3C2)n1. The lowest BCUT2D eigenvalue weighted by Gasteiger charge is -2.17. The monoisotopic (exact) mass is 300 g/mol. The number of nitrogens with zero attached hydrogens (tertiary/aromatic N) is 2. The highest BCUT2D eigenvalue weighted by atomic mass is 16.5. The molecule has 3 nitrogen and oxygen atoms in total. The van der Waals surface area contributed by atoms with Crippen molar-refractivity contribution >= 4 is 6.08 Å². The van der Waals surface area contributed by atoms with Crippen LogP contribution in [0.4, 0.5) is 0 Å². The fourth-order valence-corrected chi connectivity index (χ4v) is 3.71. The lowest BCUT2D eigenvalue weighted by molar-refractivity contribution is 0.272. The number of rotatable bonds is 4. The number of aromatic nitrogens is 2. The van der Waals surface area contributed by atoms with Gasteiger partial charge in [-0.3, -0.25) is 0 Å². The summed E-state index contributed by atoms with van der Waals surface area (Å²) in [4.78, 5) is 9.35. The fourth-order valence-electron chi connectivity index (χ4n) is 3.71. The van der Waals surface area contributed by atoms with Gasteiger partial charge in [-0.25, -0.2) is 9.97 Å². The third kappa shape index (κ3) is 4.31. The van der Waals surface area contributed by atoms with Crippen LogP contribution in [-0.2, 0) is 4.74 Å². The van der Waals surface area contributed by atoms with Crippen molar-refractivity contribution in [2.24, 2.45) is 11.8 Å². The second-order valence-corrected chi connectivity index (χ2v) is 6.78. The maximum atomic E-state index is 5.27. The summed E-state index contributed by atoms with van der Waals surface area (Å²) >= 11 is 0. The Kier molecular flexibility index (Phi) is 5.47. The van der Waals surface area contributed by atoms with E-state index in [2.05, 4.69) is 4.98 Å². The number of ether oxygens (including phenoxy) is 1. The Balaban J connectivity index is 1.68. The molecule has 2 fully saturated rings. The second kappa shape index (κ2) is 7.75. The van der Waals surface area contributed by atoms with Crippen molar-refractivity contribution in [3.8, 4) is 0 Å². The average molecular weight is 300 g/mol. The summed E-state index contributed by atoms with van der Waals surface area (Å²) in [6.45, 7) is 2.68. The van der Waals surface area contributed by atoms with Crippen molar-refractivity contribution < 1.29 is 4.74 Å². The van der Waals surface area contributed by atoms with E-state index in [1.54, 1.807) is 6.26 Å². The molecule has 0 bridgehead atoms. The molecule has 0 N–H and O–H groups in total. The van der Waals surface area contributed by atoms with Gasteiger partial charge >= 0.3 is 0 Å². The van der Waals surface area contributed by atoms with E-state index in [-0.39, 0.29) is 0 Å². The number of hydrogen-bond acceptors (Lipinski definition) is 3. The smallest absolute Gasteiger partial charge is 0.132 e. The van der Waals surface area contributed by atoms with Gasteiger partial charge in [-0.2, -0.15) is 0 Å². The Morgan fingerprint density at radius 3 is 2.86 bits per heavy atom. The van der Waals surface area contributed by atoms with Gasteiger partial charge in [-0.15, -0.1) is 0 Å². The average Bonchev–Trinajstić information content (AvgIpc) is 3.29. The number of hydrogen-bond donors (Lipinski definition) is 0. The Labute approximate surface area is 134 Å². The molecule has 2 aliphatic carbocycles. The molecule has 1 aromatic rings. The zero-order chi connectivity index (χ0) is 15.2. The van der Waals surface area contributed by atoms with E-state index in [4.69, 9.17) is 9.72 Å². The summed E-state index contributed by atoms with van der Waals surface area (Å²) in [6.07, 6.45) is 16.6. The zero-order valence-corrected chi connectivity index (χ0v) is 13.7. The molecular weight excluding hydrogens is 272 g/mol. The number of fused-ring (bicyclic) bond motifs is 1. The van der Waals surface area contributed by atoms with Crippen molar-refractivity contribution in [2.45, 2.75) is 64.2 Å². The first-order valence-electron chi connectivity index (χ1n) is 8.98. The van der Waals surface area contributed by atoms with Gasteiger partial charge in [0.2, 0.25) is 0 Å². The molecule has 120 valence electrons. The molecule has 0 spiro atoms. The Bertz CT molecular complexity index is 500. The minimum Gasteiger partial charge on any atom is -0.501 e. The van der Waals surface area contributed by atoms with Gasteiger partial charge in [0, 0.05) is 12.1 Å². The molecule has 2 saturated carbocycles. The molecule has 3 atom stereocenters. The van der Waals surface area contributed by atoms with Crippen LogP contribution in [0.2, 0.25) is 0 Å². The summed E-state index contributed by atoms with van der Waals surface area (Å²) in [7, 11) is 0. The van der Waals surface area contributed by atoms with Gasteiger partial charge in [0.05, 0.1) is 18.6 Å². The lowest BCUT2D eigenvalue weighted by Crippen LogP contribution is -2.08. The summed E-state index contributed by atoms with van der Waals surface area (Å²) in [6, 6.07) is 1.96. The second-order valence-electron chi connectivity index (χ2n) is 6.78. The third-order valence-corrected chi connectivity index (χ3v) is 5.10. The highest BCUT2D eigenvalue weighted by Crippen LogP contribution is 2.49. The molecule has 0 radical (unpaired) electrons. The molecule has 0 amide bonds. The minimum absolute atomic E-state index is 0.550. The topological polar surface area (TPSA) is 35.0 Å². The predicted molar refractivity (Wildman–Crippen MR) is 89.3 cm³/mol.